The Morgan fingerprint density at radius 1 is 1.26 bits per heavy atom. The van der Waals surface area contributed by atoms with Crippen molar-refractivity contribution in [2.24, 2.45) is 5.73 Å². The van der Waals surface area contributed by atoms with E-state index in [0.717, 1.165) is 10.4 Å². The second kappa shape index (κ2) is 5.10. The summed E-state index contributed by atoms with van der Waals surface area (Å²) in [5.74, 6) is -4.90. The van der Waals surface area contributed by atoms with Crippen LogP contribution >= 0.6 is 0 Å². The van der Waals surface area contributed by atoms with E-state index >= 15 is 0 Å². The zero-order chi connectivity index (χ0) is 14.2. The summed E-state index contributed by atoms with van der Waals surface area (Å²) in [4.78, 5) is -0.855. The molecule has 0 radical (unpaired) electrons. The first-order valence-corrected chi connectivity index (χ1v) is 7.19. The highest BCUT2D eigenvalue weighted by Gasteiger charge is 2.37. The normalized spacial score (nSPS) is 20.9. The van der Waals surface area contributed by atoms with Crippen LogP contribution in [0, 0.1) is 17.5 Å². The molecule has 1 aliphatic rings. The third-order valence-electron chi connectivity index (χ3n) is 3.18. The maximum absolute atomic E-state index is 13.6. The lowest BCUT2D eigenvalue weighted by molar-refractivity contribution is 0.384. The van der Waals surface area contributed by atoms with Gasteiger partial charge in [-0.2, -0.15) is 4.31 Å². The molecule has 4 nitrogen and oxygen atoms in total. The topological polar surface area (TPSA) is 63.4 Å². The Morgan fingerprint density at radius 2 is 1.95 bits per heavy atom. The number of rotatable bonds is 3. The first-order valence-electron chi connectivity index (χ1n) is 5.75. The van der Waals surface area contributed by atoms with E-state index in [9.17, 15) is 21.6 Å². The molecule has 1 unspecified atom stereocenters. The molecule has 19 heavy (non-hydrogen) atoms. The summed E-state index contributed by atoms with van der Waals surface area (Å²) in [7, 11) is -4.20. The molecule has 1 heterocycles. The standard InChI is InChI=1S/C11H13F3N2O2S/c12-8-3-4-9(11(14)10(8)13)19(17,18)16-5-1-2-7(16)6-15/h3-4,7H,1-2,5-6,15H2. The van der Waals surface area contributed by atoms with Crippen LogP contribution in [0.15, 0.2) is 17.0 Å². The molecule has 2 N–H and O–H groups in total. The Morgan fingerprint density at radius 3 is 2.58 bits per heavy atom. The lowest BCUT2D eigenvalue weighted by Crippen LogP contribution is -2.40. The minimum Gasteiger partial charge on any atom is -0.329 e. The van der Waals surface area contributed by atoms with E-state index in [4.69, 9.17) is 5.73 Å². The van der Waals surface area contributed by atoms with Gasteiger partial charge in [-0.1, -0.05) is 0 Å². The van der Waals surface area contributed by atoms with E-state index < -0.39 is 38.4 Å². The fraction of sp³-hybridized carbons (Fsp3) is 0.455. The van der Waals surface area contributed by atoms with Crippen LogP contribution in [0.25, 0.3) is 0 Å². The van der Waals surface area contributed by atoms with Gasteiger partial charge in [-0.3, -0.25) is 0 Å². The minimum atomic E-state index is -4.20. The molecular weight excluding hydrogens is 281 g/mol. The second-order valence-electron chi connectivity index (χ2n) is 4.32. The summed E-state index contributed by atoms with van der Waals surface area (Å²) in [5.41, 5.74) is 5.46. The highest BCUT2D eigenvalue weighted by Crippen LogP contribution is 2.28. The number of hydrogen-bond donors (Lipinski definition) is 1. The highest BCUT2D eigenvalue weighted by atomic mass is 32.2. The third kappa shape index (κ3) is 2.35. The fourth-order valence-corrected chi connectivity index (χ4v) is 3.96. The third-order valence-corrected chi connectivity index (χ3v) is 5.15. The molecule has 1 aliphatic heterocycles. The van der Waals surface area contributed by atoms with Crippen LogP contribution in [0.4, 0.5) is 13.2 Å². The van der Waals surface area contributed by atoms with Crippen molar-refractivity contribution in [2.45, 2.75) is 23.8 Å². The van der Waals surface area contributed by atoms with Crippen LogP contribution < -0.4 is 5.73 Å². The number of nitrogens with two attached hydrogens (primary N) is 1. The van der Waals surface area contributed by atoms with Gasteiger partial charge in [0.1, 0.15) is 4.90 Å². The van der Waals surface area contributed by atoms with Crippen LogP contribution in [0.5, 0.6) is 0 Å². The van der Waals surface area contributed by atoms with Gasteiger partial charge in [0.05, 0.1) is 0 Å². The quantitative estimate of drug-likeness (QED) is 0.852. The van der Waals surface area contributed by atoms with Crippen molar-refractivity contribution in [3.8, 4) is 0 Å². The molecule has 0 spiro atoms. The zero-order valence-electron chi connectivity index (χ0n) is 9.94. The van der Waals surface area contributed by atoms with Crippen molar-refractivity contribution < 1.29 is 21.6 Å². The molecule has 0 amide bonds. The summed E-state index contributed by atoms with van der Waals surface area (Å²) in [6.07, 6.45) is 1.17. The van der Waals surface area contributed by atoms with E-state index in [1.807, 2.05) is 0 Å². The van der Waals surface area contributed by atoms with E-state index in [1.165, 1.54) is 0 Å². The summed E-state index contributed by atoms with van der Waals surface area (Å²) in [6, 6.07) is 0.894. The predicted octanol–water partition coefficient (Wildman–Crippen LogP) is 1.22. The maximum Gasteiger partial charge on any atom is 0.246 e. The summed E-state index contributed by atoms with van der Waals surface area (Å²) in [5, 5.41) is 0. The van der Waals surface area contributed by atoms with Gasteiger partial charge in [-0.15, -0.1) is 0 Å². The van der Waals surface area contributed by atoms with Crippen molar-refractivity contribution >= 4 is 10.0 Å². The van der Waals surface area contributed by atoms with Gasteiger partial charge in [0.25, 0.3) is 0 Å². The smallest absolute Gasteiger partial charge is 0.246 e. The van der Waals surface area contributed by atoms with Crippen LogP contribution in [0.3, 0.4) is 0 Å². The van der Waals surface area contributed by atoms with Gasteiger partial charge in [-0.05, 0) is 25.0 Å². The monoisotopic (exact) mass is 294 g/mol. The Kier molecular flexibility index (Phi) is 3.84. The van der Waals surface area contributed by atoms with Crippen LogP contribution in [-0.4, -0.2) is 31.9 Å². The Bertz CT molecular complexity index is 592. The largest absolute Gasteiger partial charge is 0.329 e. The van der Waals surface area contributed by atoms with Crippen molar-refractivity contribution in [3.63, 3.8) is 0 Å². The summed E-state index contributed by atoms with van der Waals surface area (Å²) < 4.78 is 65.0. The van der Waals surface area contributed by atoms with E-state index in [-0.39, 0.29) is 13.1 Å². The Labute approximate surface area is 109 Å². The molecule has 0 aromatic heterocycles. The molecule has 1 fully saturated rings. The van der Waals surface area contributed by atoms with Crippen molar-refractivity contribution in [1.29, 1.82) is 0 Å². The molecule has 106 valence electrons. The van der Waals surface area contributed by atoms with Crippen molar-refractivity contribution in [2.75, 3.05) is 13.1 Å². The summed E-state index contributed by atoms with van der Waals surface area (Å²) >= 11 is 0. The number of halogens is 3. The average Bonchev–Trinajstić information content (AvgIpc) is 2.84. The van der Waals surface area contributed by atoms with Crippen LogP contribution in [-0.2, 0) is 10.0 Å². The maximum atomic E-state index is 13.6. The molecule has 1 aromatic carbocycles. The molecule has 1 aromatic rings. The predicted molar refractivity (Wildman–Crippen MR) is 62.3 cm³/mol. The number of benzene rings is 1. The average molecular weight is 294 g/mol. The molecule has 2 rings (SSSR count). The number of hydrogen-bond acceptors (Lipinski definition) is 3. The molecule has 1 atom stereocenters. The van der Waals surface area contributed by atoms with E-state index in [1.54, 1.807) is 0 Å². The lowest BCUT2D eigenvalue weighted by Gasteiger charge is -2.23. The Hall–Kier alpha value is -1.12. The fourth-order valence-electron chi connectivity index (χ4n) is 2.19. The first-order chi connectivity index (χ1) is 8.89. The van der Waals surface area contributed by atoms with Gasteiger partial charge in [0, 0.05) is 19.1 Å². The second-order valence-corrected chi connectivity index (χ2v) is 6.18. The minimum absolute atomic E-state index is 0.102. The molecule has 0 bridgehead atoms. The van der Waals surface area contributed by atoms with Crippen LogP contribution in [0.2, 0.25) is 0 Å². The van der Waals surface area contributed by atoms with E-state index in [0.29, 0.717) is 18.9 Å². The molecule has 8 heteroatoms. The first kappa shape index (κ1) is 14.3. The van der Waals surface area contributed by atoms with Gasteiger partial charge < -0.3 is 5.73 Å². The van der Waals surface area contributed by atoms with Gasteiger partial charge in [-0.25, -0.2) is 21.6 Å². The molecule has 0 aliphatic carbocycles. The van der Waals surface area contributed by atoms with Crippen molar-refractivity contribution in [1.82, 2.24) is 4.31 Å². The lowest BCUT2D eigenvalue weighted by atomic mass is 10.2. The number of nitrogens with zero attached hydrogens (tertiary/aromatic N) is 1. The number of sulfonamides is 1. The van der Waals surface area contributed by atoms with Crippen LogP contribution in [0.1, 0.15) is 12.8 Å². The van der Waals surface area contributed by atoms with E-state index in [2.05, 4.69) is 0 Å². The Balaban J connectivity index is 2.48. The SMILES string of the molecule is NCC1CCCN1S(=O)(=O)c1ccc(F)c(F)c1F. The van der Waals surface area contributed by atoms with Gasteiger partial charge >= 0.3 is 0 Å². The van der Waals surface area contributed by atoms with Crippen molar-refractivity contribution in [3.05, 3.63) is 29.6 Å². The molecule has 1 saturated heterocycles. The summed E-state index contributed by atoms with van der Waals surface area (Å²) in [6.45, 7) is 0.299. The highest BCUT2D eigenvalue weighted by molar-refractivity contribution is 7.89. The van der Waals surface area contributed by atoms with Gasteiger partial charge in [0.2, 0.25) is 10.0 Å². The molecular formula is C11H13F3N2O2S. The van der Waals surface area contributed by atoms with Gasteiger partial charge in [0.15, 0.2) is 17.5 Å². The molecule has 0 saturated carbocycles. The zero-order valence-corrected chi connectivity index (χ0v) is 10.8.